The van der Waals surface area contributed by atoms with Gasteiger partial charge in [0.25, 0.3) is 11.9 Å². The highest BCUT2D eigenvalue weighted by molar-refractivity contribution is 5.62. The molecule has 1 rings (SSSR count). The molecule has 2 N–H and O–H groups in total. The molecule has 12 heavy (non-hydrogen) atoms. The van der Waals surface area contributed by atoms with Crippen molar-refractivity contribution in [2.24, 2.45) is 11.8 Å². The zero-order chi connectivity index (χ0) is 9.94. The average molecular weight is 182 g/mol. The van der Waals surface area contributed by atoms with Crippen LogP contribution in [-0.4, -0.2) is 28.7 Å². The van der Waals surface area contributed by atoms with E-state index < -0.39 is 23.7 Å². The Hall–Kier alpha value is -0.710. The number of aliphatic hydroxyl groups is 1. The Morgan fingerprint density at radius 1 is 1.58 bits per heavy atom. The van der Waals surface area contributed by atoms with Crippen LogP contribution < -0.4 is 0 Å². The quantitative estimate of drug-likeness (QED) is 0.635. The van der Waals surface area contributed by atoms with Gasteiger partial charge in [-0.3, -0.25) is 4.79 Å². The van der Waals surface area contributed by atoms with Crippen molar-refractivity contribution < 1.29 is 23.8 Å². The van der Waals surface area contributed by atoms with Crippen molar-refractivity contribution >= 4 is 5.97 Å². The van der Waals surface area contributed by atoms with Gasteiger partial charge in [-0.2, -0.15) is 0 Å². The third-order valence-electron chi connectivity index (χ3n) is 1.79. The molecule has 1 fully saturated rings. The molecule has 0 radical (unpaired) electrons. The van der Waals surface area contributed by atoms with Crippen LogP contribution in [0.25, 0.3) is 0 Å². The van der Waals surface area contributed by atoms with Crippen molar-refractivity contribution in [3.05, 3.63) is 0 Å². The van der Waals surface area contributed by atoms with Crippen LogP contribution in [0.3, 0.4) is 0 Å². The van der Waals surface area contributed by atoms with Gasteiger partial charge in [0.05, 0.1) is 12.5 Å². The molecule has 0 saturated heterocycles. The van der Waals surface area contributed by atoms with Crippen LogP contribution in [0.5, 0.6) is 0 Å². The van der Waals surface area contributed by atoms with Crippen molar-refractivity contribution in [3.8, 4) is 0 Å². The molecule has 1 saturated carbocycles. The summed E-state index contributed by atoms with van der Waals surface area (Å²) in [6.45, 7) is 2.15. The number of alkyl halides is 2. The van der Waals surface area contributed by atoms with Crippen molar-refractivity contribution in [2.75, 3.05) is 6.61 Å². The molecule has 0 aromatic carbocycles. The minimum atomic E-state index is -2.57. The molecule has 0 aromatic rings. The predicted octanol–water partition coefficient (Wildman–Crippen LogP) is 0.971. The number of carbonyl (C=O) groups is 1. The maximum atomic E-state index is 12.0. The smallest absolute Gasteiger partial charge is 0.300 e. The zero-order valence-corrected chi connectivity index (χ0v) is 6.92. The topological polar surface area (TPSA) is 57.5 Å². The van der Waals surface area contributed by atoms with E-state index in [4.69, 9.17) is 15.0 Å². The summed E-state index contributed by atoms with van der Waals surface area (Å²) in [4.78, 5) is 9.00. The van der Waals surface area contributed by atoms with Gasteiger partial charge < -0.3 is 10.2 Å². The number of aliphatic carboxylic acids is 1. The van der Waals surface area contributed by atoms with E-state index in [1.165, 1.54) is 6.92 Å². The number of carboxylic acid groups (broad SMARTS) is 1. The lowest BCUT2D eigenvalue weighted by Crippen LogP contribution is -1.96. The molecular formula is C7H12F2O3. The van der Waals surface area contributed by atoms with Crippen LogP contribution in [0.15, 0.2) is 0 Å². The number of hydrogen-bond donors (Lipinski definition) is 2. The third-order valence-corrected chi connectivity index (χ3v) is 1.79. The molecule has 3 nitrogen and oxygen atoms in total. The number of rotatable bonds is 1. The summed E-state index contributed by atoms with van der Waals surface area (Å²) in [5, 5.41) is 15.6. The standard InChI is InChI=1S/C5H8F2O.C2H4O2/c1-3-4(2-8)5(3,6)7;1-2(3)4/h3-4,8H,2H2,1H3;1H3,(H,3,4). The van der Waals surface area contributed by atoms with E-state index in [1.807, 2.05) is 0 Å². The van der Waals surface area contributed by atoms with E-state index in [0.29, 0.717) is 0 Å². The van der Waals surface area contributed by atoms with Gasteiger partial charge in [-0.25, -0.2) is 8.78 Å². The number of hydrogen-bond acceptors (Lipinski definition) is 2. The van der Waals surface area contributed by atoms with E-state index in [9.17, 15) is 8.78 Å². The summed E-state index contributed by atoms with van der Waals surface area (Å²) < 4.78 is 24.1. The van der Waals surface area contributed by atoms with E-state index in [2.05, 4.69) is 0 Å². The van der Waals surface area contributed by atoms with Crippen molar-refractivity contribution in [1.82, 2.24) is 0 Å². The van der Waals surface area contributed by atoms with Crippen LogP contribution in [0.1, 0.15) is 13.8 Å². The average Bonchev–Trinajstić information content (AvgIpc) is 2.31. The molecule has 1 aliphatic carbocycles. The van der Waals surface area contributed by atoms with E-state index >= 15 is 0 Å². The van der Waals surface area contributed by atoms with Gasteiger partial charge in [0.2, 0.25) is 0 Å². The highest BCUT2D eigenvalue weighted by atomic mass is 19.3. The number of aliphatic hydroxyl groups excluding tert-OH is 1. The molecule has 1 aliphatic rings. The van der Waals surface area contributed by atoms with Crippen molar-refractivity contribution in [3.63, 3.8) is 0 Å². The second-order valence-electron chi connectivity index (χ2n) is 2.77. The van der Waals surface area contributed by atoms with Gasteiger partial charge in [0, 0.05) is 12.8 Å². The van der Waals surface area contributed by atoms with E-state index in [-0.39, 0.29) is 6.61 Å². The lowest BCUT2D eigenvalue weighted by atomic mass is 10.4. The molecule has 2 unspecified atom stereocenters. The molecule has 0 amide bonds. The summed E-state index contributed by atoms with van der Waals surface area (Å²) in [5.41, 5.74) is 0. The minimum absolute atomic E-state index is 0.381. The van der Waals surface area contributed by atoms with Gasteiger partial charge >= 0.3 is 0 Å². The molecule has 0 heterocycles. The van der Waals surface area contributed by atoms with Gasteiger partial charge in [0.15, 0.2) is 0 Å². The Bertz CT molecular complexity index is 166. The van der Waals surface area contributed by atoms with Crippen LogP contribution in [0.2, 0.25) is 0 Å². The Labute approximate surface area is 69.0 Å². The first kappa shape index (κ1) is 11.3. The van der Waals surface area contributed by atoms with Crippen LogP contribution >= 0.6 is 0 Å². The molecule has 0 aliphatic heterocycles. The second kappa shape index (κ2) is 3.80. The fraction of sp³-hybridized carbons (Fsp3) is 0.857. The van der Waals surface area contributed by atoms with E-state index in [0.717, 1.165) is 6.92 Å². The Morgan fingerprint density at radius 3 is 1.83 bits per heavy atom. The first-order valence-electron chi connectivity index (χ1n) is 3.52. The lowest BCUT2D eigenvalue weighted by molar-refractivity contribution is -0.134. The van der Waals surface area contributed by atoms with Crippen molar-refractivity contribution in [2.45, 2.75) is 19.8 Å². The molecule has 72 valence electrons. The molecular weight excluding hydrogens is 170 g/mol. The first-order valence-corrected chi connectivity index (χ1v) is 3.52. The summed E-state index contributed by atoms with van der Waals surface area (Å²) in [6, 6.07) is 0. The third kappa shape index (κ3) is 2.73. The second-order valence-corrected chi connectivity index (χ2v) is 2.77. The summed E-state index contributed by atoms with van der Waals surface area (Å²) in [6.07, 6.45) is 0. The van der Waals surface area contributed by atoms with Gasteiger partial charge in [-0.1, -0.05) is 6.92 Å². The Morgan fingerprint density at radius 2 is 1.83 bits per heavy atom. The first-order chi connectivity index (χ1) is 5.34. The predicted molar refractivity (Wildman–Crippen MR) is 38.0 cm³/mol. The van der Waals surface area contributed by atoms with Gasteiger partial charge in [0.1, 0.15) is 0 Å². The maximum absolute atomic E-state index is 12.0. The molecule has 0 aromatic heterocycles. The SMILES string of the molecule is CC(=O)O.CC1C(CO)C1(F)F. The Balaban J connectivity index is 0.000000261. The van der Waals surface area contributed by atoms with Gasteiger partial charge in [-0.15, -0.1) is 0 Å². The highest BCUT2D eigenvalue weighted by Gasteiger charge is 2.64. The van der Waals surface area contributed by atoms with Crippen LogP contribution in [0.4, 0.5) is 8.78 Å². The summed E-state index contributed by atoms with van der Waals surface area (Å²) >= 11 is 0. The molecule has 2 atom stereocenters. The normalized spacial score (nSPS) is 30.1. The summed E-state index contributed by atoms with van der Waals surface area (Å²) in [5.74, 6) is -4.77. The maximum Gasteiger partial charge on any atom is 0.300 e. The monoisotopic (exact) mass is 182 g/mol. The molecule has 5 heteroatoms. The largest absolute Gasteiger partial charge is 0.481 e. The van der Waals surface area contributed by atoms with Crippen LogP contribution in [-0.2, 0) is 4.79 Å². The Kier molecular flexibility index (Phi) is 3.57. The number of halogens is 2. The van der Waals surface area contributed by atoms with E-state index in [1.54, 1.807) is 0 Å². The van der Waals surface area contributed by atoms with Crippen molar-refractivity contribution in [1.29, 1.82) is 0 Å². The van der Waals surface area contributed by atoms with Gasteiger partial charge in [-0.05, 0) is 0 Å². The van der Waals surface area contributed by atoms with Crippen LogP contribution in [0, 0.1) is 11.8 Å². The zero-order valence-electron chi connectivity index (χ0n) is 6.92. The molecule has 0 spiro atoms. The lowest BCUT2D eigenvalue weighted by Gasteiger charge is -1.87. The number of carboxylic acids is 1. The molecule has 0 bridgehead atoms. The summed E-state index contributed by atoms with van der Waals surface area (Å²) in [7, 11) is 0. The fourth-order valence-corrected chi connectivity index (χ4v) is 0.840. The fourth-order valence-electron chi connectivity index (χ4n) is 0.840. The highest BCUT2D eigenvalue weighted by Crippen LogP contribution is 2.54. The minimum Gasteiger partial charge on any atom is -0.481 e.